The maximum atomic E-state index is 11.3. The molecule has 5 heteroatoms. The molecule has 2 N–H and O–H groups in total. The minimum Gasteiger partial charge on any atom is -0.384 e. The van der Waals surface area contributed by atoms with Crippen LogP contribution < -0.4 is 10.6 Å². The molecular formula is C8H10N4O. The molecule has 0 aromatic carbocycles. The van der Waals surface area contributed by atoms with Crippen molar-refractivity contribution in [1.29, 1.82) is 0 Å². The third kappa shape index (κ3) is 1.44. The van der Waals surface area contributed by atoms with Gasteiger partial charge in [-0.15, -0.1) is 0 Å². The Bertz CT molecular complexity index is 339. The molecule has 0 aliphatic carbocycles. The summed E-state index contributed by atoms with van der Waals surface area (Å²) in [5.41, 5.74) is 5.48. The third-order valence-corrected chi connectivity index (χ3v) is 1.98. The van der Waals surface area contributed by atoms with Crippen molar-refractivity contribution in [2.24, 2.45) is 0 Å². The van der Waals surface area contributed by atoms with Gasteiger partial charge in [-0.05, 0) is 12.5 Å². The number of hydrogen-bond acceptors (Lipinski definition) is 4. The number of carbonyl (C=O) groups excluding carboxylic acids is 1. The number of amides is 1. The van der Waals surface area contributed by atoms with Crippen molar-refractivity contribution < 1.29 is 4.79 Å². The van der Waals surface area contributed by atoms with Crippen LogP contribution in [0.5, 0.6) is 0 Å². The van der Waals surface area contributed by atoms with Gasteiger partial charge in [0.1, 0.15) is 5.82 Å². The molecule has 0 radical (unpaired) electrons. The summed E-state index contributed by atoms with van der Waals surface area (Å²) in [6.45, 7) is 0.697. The number of hydrogen-bond donors (Lipinski definition) is 1. The van der Waals surface area contributed by atoms with E-state index in [9.17, 15) is 4.79 Å². The lowest BCUT2D eigenvalue weighted by atomic mass is 10.4. The van der Waals surface area contributed by atoms with E-state index in [1.165, 1.54) is 0 Å². The van der Waals surface area contributed by atoms with E-state index in [1.54, 1.807) is 17.2 Å². The van der Waals surface area contributed by atoms with Crippen LogP contribution in [-0.4, -0.2) is 22.4 Å². The van der Waals surface area contributed by atoms with Crippen LogP contribution in [0.4, 0.5) is 11.8 Å². The average Bonchev–Trinajstić information content (AvgIpc) is 2.51. The molecular weight excluding hydrogens is 168 g/mol. The number of aromatic nitrogens is 2. The topological polar surface area (TPSA) is 72.1 Å². The van der Waals surface area contributed by atoms with Crippen LogP contribution >= 0.6 is 0 Å². The number of nitrogens with zero attached hydrogens (tertiary/aromatic N) is 3. The van der Waals surface area contributed by atoms with Gasteiger partial charge < -0.3 is 5.73 Å². The highest BCUT2D eigenvalue weighted by atomic mass is 16.2. The van der Waals surface area contributed by atoms with Crippen molar-refractivity contribution in [2.45, 2.75) is 12.8 Å². The molecule has 0 unspecified atom stereocenters. The minimum atomic E-state index is 0.0746. The number of nitrogen functional groups attached to an aromatic ring is 1. The van der Waals surface area contributed by atoms with E-state index < -0.39 is 0 Å². The Balaban J connectivity index is 2.29. The van der Waals surface area contributed by atoms with Gasteiger partial charge >= 0.3 is 0 Å². The van der Waals surface area contributed by atoms with Crippen LogP contribution in [0, 0.1) is 0 Å². The van der Waals surface area contributed by atoms with Crippen LogP contribution in [0.2, 0.25) is 0 Å². The summed E-state index contributed by atoms with van der Waals surface area (Å²) >= 11 is 0. The molecule has 13 heavy (non-hydrogen) atoms. The molecule has 0 saturated carbocycles. The van der Waals surface area contributed by atoms with Crippen LogP contribution in [0.1, 0.15) is 12.8 Å². The first-order valence-electron chi connectivity index (χ1n) is 4.16. The van der Waals surface area contributed by atoms with Crippen molar-refractivity contribution in [2.75, 3.05) is 17.2 Å². The van der Waals surface area contributed by atoms with E-state index >= 15 is 0 Å². The first-order chi connectivity index (χ1) is 6.27. The fourth-order valence-electron chi connectivity index (χ4n) is 1.35. The largest absolute Gasteiger partial charge is 0.384 e. The summed E-state index contributed by atoms with van der Waals surface area (Å²) in [7, 11) is 0. The quantitative estimate of drug-likeness (QED) is 0.666. The average molecular weight is 178 g/mol. The van der Waals surface area contributed by atoms with Crippen molar-refractivity contribution in [3.8, 4) is 0 Å². The van der Waals surface area contributed by atoms with Crippen molar-refractivity contribution in [3.63, 3.8) is 0 Å². The second kappa shape index (κ2) is 3.01. The van der Waals surface area contributed by atoms with E-state index in [-0.39, 0.29) is 5.91 Å². The minimum absolute atomic E-state index is 0.0746. The van der Waals surface area contributed by atoms with Crippen LogP contribution in [0.25, 0.3) is 0 Å². The van der Waals surface area contributed by atoms with Gasteiger partial charge in [0.2, 0.25) is 11.9 Å². The highest BCUT2D eigenvalue weighted by Gasteiger charge is 2.23. The molecule has 1 aromatic rings. The standard InChI is InChI=1S/C8H10N4O/c9-6-3-4-10-8(11-6)12-5-1-2-7(12)13/h3-4H,1-2,5H2,(H2,9,10,11). The molecule has 1 aliphatic heterocycles. The van der Waals surface area contributed by atoms with Crippen LogP contribution in [0.15, 0.2) is 12.3 Å². The third-order valence-electron chi connectivity index (χ3n) is 1.98. The second-order valence-corrected chi connectivity index (χ2v) is 2.93. The zero-order valence-electron chi connectivity index (χ0n) is 7.10. The smallest absolute Gasteiger partial charge is 0.234 e. The van der Waals surface area contributed by atoms with Crippen LogP contribution in [0.3, 0.4) is 0 Å². The lowest BCUT2D eigenvalue weighted by Gasteiger charge is -2.12. The molecule has 0 atom stereocenters. The Hall–Kier alpha value is -1.65. The predicted octanol–water partition coefficient (Wildman–Crippen LogP) is 0.186. The monoisotopic (exact) mass is 178 g/mol. The Morgan fingerprint density at radius 1 is 1.54 bits per heavy atom. The van der Waals surface area contributed by atoms with Crippen molar-refractivity contribution in [3.05, 3.63) is 12.3 Å². The van der Waals surface area contributed by atoms with E-state index in [0.29, 0.717) is 24.7 Å². The fraction of sp³-hybridized carbons (Fsp3) is 0.375. The van der Waals surface area contributed by atoms with Crippen molar-refractivity contribution >= 4 is 17.7 Å². The molecule has 0 bridgehead atoms. The summed E-state index contributed by atoms with van der Waals surface area (Å²) in [4.78, 5) is 20.8. The van der Waals surface area contributed by atoms with E-state index in [2.05, 4.69) is 9.97 Å². The van der Waals surface area contributed by atoms with E-state index in [1.807, 2.05) is 0 Å². The van der Waals surface area contributed by atoms with Gasteiger partial charge in [0.25, 0.3) is 0 Å². The van der Waals surface area contributed by atoms with Gasteiger partial charge in [0.05, 0.1) is 0 Å². The van der Waals surface area contributed by atoms with E-state index in [4.69, 9.17) is 5.73 Å². The van der Waals surface area contributed by atoms with Gasteiger partial charge in [-0.2, -0.15) is 4.98 Å². The maximum absolute atomic E-state index is 11.3. The predicted molar refractivity (Wildman–Crippen MR) is 48.0 cm³/mol. The molecule has 1 aromatic heterocycles. The molecule has 5 nitrogen and oxygen atoms in total. The van der Waals surface area contributed by atoms with Crippen molar-refractivity contribution in [1.82, 2.24) is 9.97 Å². The maximum Gasteiger partial charge on any atom is 0.234 e. The van der Waals surface area contributed by atoms with Gasteiger partial charge in [0.15, 0.2) is 0 Å². The first kappa shape index (κ1) is 7.97. The molecule has 2 rings (SSSR count). The number of nitrogens with two attached hydrogens (primary N) is 1. The Morgan fingerprint density at radius 2 is 2.38 bits per heavy atom. The highest BCUT2D eigenvalue weighted by Crippen LogP contribution is 2.16. The van der Waals surface area contributed by atoms with Gasteiger partial charge in [-0.1, -0.05) is 0 Å². The fourth-order valence-corrected chi connectivity index (χ4v) is 1.35. The Labute approximate surface area is 75.6 Å². The molecule has 1 aliphatic rings. The summed E-state index contributed by atoms with van der Waals surface area (Å²) in [6, 6.07) is 1.60. The second-order valence-electron chi connectivity index (χ2n) is 2.93. The lowest BCUT2D eigenvalue weighted by molar-refractivity contribution is -0.117. The Morgan fingerprint density at radius 3 is 3.00 bits per heavy atom. The highest BCUT2D eigenvalue weighted by molar-refractivity contribution is 5.93. The molecule has 1 saturated heterocycles. The Kier molecular flexibility index (Phi) is 1.84. The zero-order valence-corrected chi connectivity index (χ0v) is 7.10. The normalized spacial score (nSPS) is 16.6. The zero-order chi connectivity index (χ0) is 9.26. The number of carbonyl (C=O) groups is 1. The van der Waals surface area contributed by atoms with E-state index in [0.717, 1.165) is 6.42 Å². The molecule has 0 spiro atoms. The summed E-state index contributed by atoms with van der Waals surface area (Å²) in [5.74, 6) is 0.887. The van der Waals surface area contributed by atoms with Gasteiger partial charge in [-0.25, -0.2) is 4.98 Å². The van der Waals surface area contributed by atoms with Gasteiger partial charge in [-0.3, -0.25) is 9.69 Å². The lowest BCUT2D eigenvalue weighted by Crippen LogP contribution is -2.25. The summed E-state index contributed by atoms with van der Waals surface area (Å²) in [5, 5.41) is 0. The molecule has 68 valence electrons. The number of rotatable bonds is 1. The number of anilines is 2. The molecule has 1 fully saturated rings. The summed E-state index contributed by atoms with van der Waals surface area (Å²) in [6.07, 6.45) is 3.01. The first-order valence-corrected chi connectivity index (χ1v) is 4.16. The summed E-state index contributed by atoms with van der Waals surface area (Å²) < 4.78 is 0. The molecule has 2 heterocycles. The molecule has 1 amide bonds. The van der Waals surface area contributed by atoms with Crippen LogP contribution in [-0.2, 0) is 4.79 Å². The van der Waals surface area contributed by atoms with Gasteiger partial charge in [0, 0.05) is 19.2 Å². The SMILES string of the molecule is Nc1ccnc(N2CCCC2=O)n1.